The van der Waals surface area contributed by atoms with Crippen LogP contribution in [0.3, 0.4) is 0 Å². The molecule has 0 aliphatic rings. The van der Waals surface area contributed by atoms with Gasteiger partial charge in [-0.15, -0.1) is 11.3 Å². The van der Waals surface area contributed by atoms with Gasteiger partial charge in [-0.2, -0.15) is 0 Å². The molecular formula is C17H13ClFNO4S2. The highest BCUT2D eigenvalue weighted by Gasteiger charge is 2.30. The molecule has 0 amide bonds. The maximum atomic E-state index is 14.3. The summed E-state index contributed by atoms with van der Waals surface area (Å²) < 4.78 is 47.4. The molecule has 0 saturated heterocycles. The second-order valence-corrected chi connectivity index (χ2v) is 8.44. The first-order valence-electron chi connectivity index (χ1n) is 7.37. The summed E-state index contributed by atoms with van der Waals surface area (Å²) in [6.07, 6.45) is 0. The van der Waals surface area contributed by atoms with Gasteiger partial charge in [0.1, 0.15) is 15.6 Å². The topological polar surface area (TPSA) is 72.5 Å². The highest BCUT2D eigenvalue weighted by Crippen LogP contribution is 2.36. The molecule has 1 N–H and O–H groups in total. The fourth-order valence-corrected chi connectivity index (χ4v) is 5.49. The van der Waals surface area contributed by atoms with Crippen molar-refractivity contribution in [2.75, 3.05) is 7.11 Å². The molecule has 0 fully saturated rings. The molecule has 1 heterocycles. The van der Waals surface area contributed by atoms with Crippen molar-refractivity contribution in [3.05, 3.63) is 63.7 Å². The summed E-state index contributed by atoms with van der Waals surface area (Å²) in [6, 6.07) is 10.9. The normalized spacial score (nSPS) is 11.7. The summed E-state index contributed by atoms with van der Waals surface area (Å²) in [7, 11) is -3.07. The molecular weight excluding hydrogens is 401 g/mol. The minimum absolute atomic E-state index is 0.103. The van der Waals surface area contributed by atoms with Crippen LogP contribution in [0.25, 0.3) is 10.1 Å². The smallest absolute Gasteiger partial charge is 0.349 e. The molecule has 3 aromatic rings. The third-order valence-electron chi connectivity index (χ3n) is 3.67. The maximum absolute atomic E-state index is 14.3. The van der Waals surface area contributed by atoms with E-state index in [-0.39, 0.29) is 16.8 Å². The molecule has 0 saturated carbocycles. The van der Waals surface area contributed by atoms with Crippen LogP contribution in [0.1, 0.15) is 15.2 Å². The van der Waals surface area contributed by atoms with Crippen molar-refractivity contribution in [3.63, 3.8) is 0 Å². The first-order valence-corrected chi connectivity index (χ1v) is 10.1. The van der Waals surface area contributed by atoms with Crippen molar-refractivity contribution in [1.82, 2.24) is 4.72 Å². The van der Waals surface area contributed by atoms with E-state index in [9.17, 15) is 17.6 Å². The van der Waals surface area contributed by atoms with E-state index in [0.29, 0.717) is 15.3 Å². The van der Waals surface area contributed by atoms with Gasteiger partial charge in [-0.3, -0.25) is 0 Å². The Balaban J connectivity index is 2.10. The summed E-state index contributed by atoms with van der Waals surface area (Å²) in [5.41, 5.74) is 0.553. The van der Waals surface area contributed by atoms with E-state index < -0.39 is 26.7 Å². The summed E-state index contributed by atoms with van der Waals surface area (Å²) in [6.45, 7) is -0.103. The third kappa shape index (κ3) is 3.45. The predicted molar refractivity (Wildman–Crippen MR) is 98.6 cm³/mol. The number of hydrogen-bond acceptors (Lipinski definition) is 5. The zero-order chi connectivity index (χ0) is 18.9. The van der Waals surface area contributed by atoms with Gasteiger partial charge in [-0.25, -0.2) is 22.3 Å². The van der Waals surface area contributed by atoms with Gasteiger partial charge < -0.3 is 4.74 Å². The van der Waals surface area contributed by atoms with Crippen molar-refractivity contribution in [1.29, 1.82) is 0 Å². The zero-order valence-electron chi connectivity index (χ0n) is 13.5. The molecule has 0 unspecified atom stereocenters. The van der Waals surface area contributed by atoms with Crippen LogP contribution in [0.15, 0.2) is 47.4 Å². The van der Waals surface area contributed by atoms with Crippen molar-refractivity contribution < 1.29 is 22.3 Å². The standard InChI is InChI=1S/C17H13ClFNO4S2/c1-24-17(21)15-16(14-12(19)7-4-8-13(14)25-15)26(22,23)20-9-10-5-2-3-6-11(10)18/h2-8,20H,9H2,1H3. The van der Waals surface area contributed by atoms with Crippen LogP contribution in [-0.4, -0.2) is 21.5 Å². The van der Waals surface area contributed by atoms with Crippen LogP contribution in [0, 0.1) is 5.82 Å². The van der Waals surface area contributed by atoms with Crippen LogP contribution in [-0.2, 0) is 21.3 Å². The number of fused-ring (bicyclic) bond motifs is 1. The van der Waals surface area contributed by atoms with Crippen molar-refractivity contribution >= 4 is 49.0 Å². The average molecular weight is 414 g/mol. The number of benzene rings is 2. The SMILES string of the molecule is COC(=O)c1sc2cccc(F)c2c1S(=O)(=O)NCc1ccccc1Cl. The van der Waals surface area contributed by atoms with E-state index >= 15 is 0 Å². The third-order valence-corrected chi connectivity index (χ3v) is 6.77. The Labute approximate surface area is 158 Å². The minimum Gasteiger partial charge on any atom is -0.465 e. The molecule has 0 bridgehead atoms. The van der Waals surface area contributed by atoms with Gasteiger partial charge in [0.2, 0.25) is 10.0 Å². The van der Waals surface area contributed by atoms with Crippen LogP contribution >= 0.6 is 22.9 Å². The van der Waals surface area contributed by atoms with Crippen LogP contribution < -0.4 is 4.72 Å². The number of rotatable bonds is 5. The molecule has 0 radical (unpaired) electrons. The fraction of sp³-hybridized carbons (Fsp3) is 0.118. The Bertz CT molecular complexity index is 1100. The fourth-order valence-electron chi connectivity index (χ4n) is 2.45. The van der Waals surface area contributed by atoms with Gasteiger partial charge in [0.15, 0.2) is 0 Å². The van der Waals surface area contributed by atoms with E-state index in [1.54, 1.807) is 30.3 Å². The first-order chi connectivity index (χ1) is 12.3. The van der Waals surface area contributed by atoms with Gasteiger partial charge in [0.25, 0.3) is 0 Å². The molecule has 9 heteroatoms. The Morgan fingerprint density at radius 1 is 1.23 bits per heavy atom. The lowest BCUT2D eigenvalue weighted by Gasteiger charge is -2.09. The lowest BCUT2D eigenvalue weighted by Crippen LogP contribution is -2.25. The number of carbonyl (C=O) groups is 1. The first kappa shape index (κ1) is 18.8. The van der Waals surface area contributed by atoms with Crippen LogP contribution in [0.4, 0.5) is 4.39 Å². The number of methoxy groups -OCH3 is 1. The lowest BCUT2D eigenvalue weighted by atomic mass is 10.2. The molecule has 3 rings (SSSR count). The highest BCUT2D eigenvalue weighted by atomic mass is 35.5. The Kier molecular flexibility index (Phi) is 5.29. The summed E-state index contributed by atoms with van der Waals surface area (Å²) in [4.78, 5) is 11.4. The van der Waals surface area contributed by atoms with Crippen molar-refractivity contribution in [2.45, 2.75) is 11.4 Å². The molecule has 0 aliphatic carbocycles. The molecule has 0 spiro atoms. The van der Waals surface area contributed by atoms with E-state index in [1.165, 1.54) is 6.07 Å². The lowest BCUT2D eigenvalue weighted by molar-refractivity contribution is 0.0602. The van der Waals surface area contributed by atoms with Gasteiger partial charge in [0.05, 0.1) is 7.11 Å². The Morgan fingerprint density at radius 3 is 2.65 bits per heavy atom. The van der Waals surface area contributed by atoms with Crippen LogP contribution in [0.5, 0.6) is 0 Å². The number of thiophene rings is 1. The number of esters is 1. The maximum Gasteiger partial charge on any atom is 0.349 e. The largest absolute Gasteiger partial charge is 0.465 e. The molecule has 1 aromatic heterocycles. The molecule has 26 heavy (non-hydrogen) atoms. The minimum atomic E-state index is -4.21. The van der Waals surface area contributed by atoms with Crippen LogP contribution in [0.2, 0.25) is 5.02 Å². The number of halogens is 2. The quantitative estimate of drug-likeness (QED) is 0.642. The summed E-state index contributed by atoms with van der Waals surface area (Å²) in [5, 5.41) is 0.259. The van der Waals surface area contributed by atoms with E-state index in [4.69, 9.17) is 11.6 Å². The predicted octanol–water partition coefficient (Wildman–Crippen LogP) is 3.96. The number of ether oxygens (including phenoxy) is 1. The summed E-state index contributed by atoms with van der Waals surface area (Å²) in [5.74, 6) is -1.57. The molecule has 5 nitrogen and oxygen atoms in total. The second kappa shape index (κ2) is 7.32. The molecule has 136 valence electrons. The van der Waals surface area contributed by atoms with E-state index in [2.05, 4.69) is 9.46 Å². The Hall–Kier alpha value is -2.00. The Morgan fingerprint density at radius 2 is 1.96 bits per heavy atom. The highest BCUT2D eigenvalue weighted by molar-refractivity contribution is 7.90. The zero-order valence-corrected chi connectivity index (χ0v) is 15.8. The van der Waals surface area contributed by atoms with E-state index in [0.717, 1.165) is 24.5 Å². The summed E-state index contributed by atoms with van der Waals surface area (Å²) >= 11 is 6.90. The molecule has 0 aliphatic heterocycles. The average Bonchev–Trinajstić information content (AvgIpc) is 3.02. The van der Waals surface area contributed by atoms with E-state index in [1.807, 2.05) is 0 Å². The van der Waals surface area contributed by atoms with Gasteiger partial charge in [0, 0.05) is 21.7 Å². The van der Waals surface area contributed by atoms with Crippen molar-refractivity contribution in [2.24, 2.45) is 0 Å². The molecule has 0 atom stereocenters. The monoisotopic (exact) mass is 413 g/mol. The number of nitrogens with one attached hydrogen (secondary N) is 1. The van der Waals surface area contributed by atoms with Gasteiger partial charge in [-0.1, -0.05) is 35.9 Å². The number of carbonyl (C=O) groups excluding carboxylic acids is 1. The number of hydrogen-bond donors (Lipinski definition) is 1. The van der Waals surface area contributed by atoms with Gasteiger partial charge >= 0.3 is 5.97 Å². The van der Waals surface area contributed by atoms with Gasteiger partial charge in [-0.05, 0) is 23.8 Å². The second-order valence-electron chi connectivity index (χ2n) is 5.28. The number of sulfonamides is 1. The molecule has 2 aromatic carbocycles. The van der Waals surface area contributed by atoms with Crippen molar-refractivity contribution in [3.8, 4) is 0 Å².